The molecule has 2 rings (SSSR count). The molecular weight excluding hydrogens is 235 g/mol. The average Bonchev–Trinajstić information content (AvgIpc) is 2.69. The summed E-state index contributed by atoms with van der Waals surface area (Å²) in [6.07, 6.45) is 4.71. The zero-order chi connectivity index (χ0) is 12.3. The van der Waals surface area contributed by atoms with Crippen molar-refractivity contribution in [2.45, 2.75) is 6.92 Å². The first-order valence-corrected chi connectivity index (χ1v) is 6.00. The van der Waals surface area contributed by atoms with Gasteiger partial charge in [0.25, 0.3) is 0 Å². The van der Waals surface area contributed by atoms with Crippen molar-refractivity contribution >= 4 is 29.8 Å². The Labute approximate surface area is 103 Å². The molecule has 0 aliphatic heterocycles. The van der Waals surface area contributed by atoms with E-state index in [1.807, 2.05) is 25.1 Å². The van der Waals surface area contributed by atoms with Crippen LogP contribution in [0.15, 0.2) is 30.3 Å². The fraction of sp³-hybridized carbons (Fsp3) is 0.0714. The van der Waals surface area contributed by atoms with E-state index in [2.05, 4.69) is 0 Å². The van der Waals surface area contributed by atoms with Gasteiger partial charge in [0.15, 0.2) is 6.29 Å². The summed E-state index contributed by atoms with van der Waals surface area (Å²) in [6.45, 7) is 1.97. The summed E-state index contributed by atoms with van der Waals surface area (Å²) in [5.41, 5.74) is 2.02. The number of halogens is 1. The number of aldehydes is 1. The van der Waals surface area contributed by atoms with Gasteiger partial charge in [0.05, 0.1) is 4.88 Å². The van der Waals surface area contributed by atoms with Crippen molar-refractivity contribution in [3.05, 3.63) is 57.0 Å². The number of carbonyl (C=O) groups excluding carboxylic acids is 1. The number of aryl methyl sites for hydroxylation is 1. The molecular formula is C14H11FOS. The Bertz CT molecular complexity index is 552. The van der Waals surface area contributed by atoms with Crippen LogP contribution in [0.3, 0.4) is 0 Å². The number of hydrogen-bond acceptors (Lipinski definition) is 2. The third-order valence-electron chi connectivity index (χ3n) is 2.39. The normalized spacial score (nSPS) is 10.9. The number of benzene rings is 1. The number of hydrogen-bond donors (Lipinski definition) is 0. The zero-order valence-corrected chi connectivity index (χ0v) is 10.1. The summed E-state index contributed by atoms with van der Waals surface area (Å²) in [5.74, 6) is -0.238. The highest BCUT2D eigenvalue weighted by molar-refractivity contribution is 7.14. The van der Waals surface area contributed by atoms with Crippen LogP contribution in [-0.4, -0.2) is 6.29 Å². The van der Waals surface area contributed by atoms with Gasteiger partial charge >= 0.3 is 0 Å². The molecule has 2 aromatic rings. The predicted octanol–water partition coefficient (Wildman–Crippen LogP) is 4.18. The Balaban J connectivity index is 2.22. The number of carbonyl (C=O) groups is 1. The summed E-state index contributed by atoms with van der Waals surface area (Å²) < 4.78 is 12.7. The molecule has 0 aliphatic carbocycles. The highest BCUT2D eigenvalue weighted by Gasteiger charge is 2.01. The van der Waals surface area contributed by atoms with E-state index in [-0.39, 0.29) is 5.82 Å². The van der Waals surface area contributed by atoms with Crippen molar-refractivity contribution in [1.82, 2.24) is 0 Å². The number of thiophene rings is 1. The minimum atomic E-state index is -0.238. The highest BCUT2D eigenvalue weighted by Crippen LogP contribution is 2.22. The summed E-state index contributed by atoms with van der Waals surface area (Å²) in [4.78, 5) is 12.4. The molecule has 1 aromatic heterocycles. The first-order valence-electron chi connectivity index (χ1n) is 5.18. The van der Waals surface area contributed by atoms with Gasteiger partial charge in [-0.1, -0.05) is 18.2 Å². The van der Waals surface area contributed by atoms with Crippen LogP contribution in [0.5, 0.6) is 0 Å². The maximum Gasteiger partial charge on any atom is 0.160 e. The smallest absolute Gasteiger partial charge is 0.160 e. The third-order valence-corrected chi connectivity index (χ3v) is 3.52. The summed E-state index contributed by atoms with van der Waals surface area (Å²) >= 11 is 1.45. The van der Waals surface area contributed by atoms with Gasteiger partial charge in [-0.05, 0) is 42.3 Å². The van der Waals surface area contributed by atoms with Gasteiger partial charge in [0, 0.05) is 4.88 Å². The first-order chi connectivity index (χ1) is 8.19. The van der Waals surface area contributed by atoms with E-state index in [4.69, 9.17) is 0 Å². The van der Waals surface area contributed by atoms with E-state index >= 15 is 0 Å². The van der Waals surface area contributed by atoms with Crippen LogP contribution in [0.25, 0.3) is 12.2 Å². The molecule has 0 bridgehead atoms. The zero-order valence-electron chi connectivity index (χ0n) is 9.31. The lowest BCUT2D eigenvalue weighted by Crippen LogP contribution is -1.74. The van der Waals surface area contributed by atoms with Gasteiger partial charge in [0.2, 0.25) is 0 Å². The van der Waals surface area contributed by atoms with E-state index in [0.717, 1.165) is 27.2 Å². The van der Waals surface area contributed by atoms with Gasteiger partial charge in [0.1, 0.15) is 5.82 Å². The lowest BCUT2D eigenvalue weighted by molar-refractivity contribution is 0.112. The minimum absolute atomic E-state index is 0.238. The fourth-order valence-corrected chi connectivity index (χ4v) is 2.38. The van der Waals surface area contributed by atoms with E-state index in [1.54, 1.807) is 12.1 Å². The van der Waals surface area contributed by atoms with Crippen LogP contribution >= 0.6 is 11.3 Å². The van der Waals surface area contributed by atoms with E-state index in [0.29, 0.717) is 0 Å². The van der Waals surface area contributed by atoms with Crippen LogP contribution in [0.2, 0.25) is 0 Å². The lowest BCUT2D eigenvalue weighted by Gasteiger charge is -1.93. The summed E-state index contributed by atoms with van der Waals surface area (Å²) in [6, 6.07) is 8.16. The second-order valence-corrected chi connectivity index (χ2v) is 4.81. The largest absolute Gasteiger partial charge is 0.297 e. The molecule has 0 saturated carbocycles. The molecule has 1 aromatic carbocycles. The molecule has 0 atom stereocenters. The van der Waals surface area contributed by atoms with Gasteiger partial charge in [-0.3, -0.25) is 4.79 Å². The predicted molar refractivity (Wildman–Crippen MR) is 69.8 cm³/mol. The Morgan fingerprint density at radius 1 is 1.18 bits per heavy atom. The van der Waals surface area contributed by atoms with E-state index in [9.17, 15) is 9.18 Å². The average molecular weight is 246 g/mol. The molecule has 17 heavy (non-hydrogen) atoms. The van der Waals surface area contributed by atoms with Crippen molar-refractivity contribution in [3.8, 4) is 0 Å². The van der Waals surface area contributed by atoms with Crippen molar-refractivity contribution < 1.29 is 9.18 Å². The van der Waals surface area contributed by atoms with Crippen LogP contribution in [-0.2, 0) is 0 Å². The lowest BCUT2D eigenvalue weighted by atomic mass is 10.2. The quantitative estimate of drug-likeness (QED) is 0.742. The van der Waals surface area contributed by atoms with E-state index < -0.39 is 0 Å². The molecule has 1 nitrogen and oxygen atoms in total. The second-order valence-electron chi connectivity index (χ2n) is 3.70. The Kier molecular flexibility index (Phi) is 3.49. The molecule has 0 unspecified atom stereocenters. The fourth-order valence-electron chi connectivity index (χ4n) is 1.49. The molecule has 0 N–H and O–H groups in total. The van der Waals surface area contributed by atoms with Crippen LogP contribution < -0.4 is 0 Å². The highest BCUT2D eigenvalue weighted by atomic mass is 32.1. The third kappa shape index (κ3) is 2.88. The molecule has 0 amide bonds. The SMILES string of the molecule is Cc1cc(C=O)sc1/C=C/c1ccc(F)cc1. The topological polar surface area (TPSA) is 17.1 Å². The Morgan fingerprint density at radius 2 is 1.88 bits per heavy atom. The molecule has 0 aliphatic rings. The van der Waals surface area contributed by atoms with Crippen LogP contribution in [0.1, 0.15) is 25.7 Å². The van der Waals surface area contributed by atoms with E-state index in [1.165, 1.54) is 23.5 Å². The first kappa shape index (κ1) is 11.7. The summed E-state index contributed by atoms with van der Waals surface area (Å²) in [5, 5.41) is 0. The van der Waals surface area contributed by atoms with Crippen molar-refractivity contribution in [2.24, 2.45) is 0 Å². The van der Waals surface area contributed by atoms with Crippen molar-refractivity contribution in [3.63, 3.8) is 0 Å². The molecule has 86 valence electrons. The maximum absolute atomic E-state index is 12.7. The van der Waals surface area contributed by atoms with Gasteiger partial charge in [-0.15, -0.1) is 11.3 Å². The molecule has 0 spiro atoms. The molecule has 0 saturated heterocycles. The Morgan fingerprint density at radius 3 is 2.47 bits per heavy atom. The molecule has 0 fully saturated rings. The van der Waals surface area contributed by atoms with Crippen molar-refractivity contribution in [1.29, 1.82) is 0 Å². The van der Waals surface area contributed by atoms with Gasteiger partial charge in [-0.2, -0.15) is 0 Å². The number of rotatable bonds is 3. The molecule has 1 heterocycles. The Hall–Kier alpha value is -1.74. The maximum atomic E-state index is 12.7. The van der Waals surface area contributed by atoms with Crippen molar-refractivity contribution in [2.75, 3.05) is 0 Å². The summed E-state index contributed by atoms with van der Waals surface area (Å²) in [7, 11) is 0. The van der Waals surface area contributed by atoms with Crippen LogP contribution in [0.4, 0.5) is 4.39 Å². The van der Waals surface area contributed by atoms with Gasteiger partial charge < -0.3 is 0 Å². The minimum Gasteiger partial charge on any atom is -0.297 e. The van der Waals surface area contributed by atoms with Crippen LogP contribution in [0, 0.1) is 12.7 Å². The second kappa shape index (κ2) is 5.06. The molecule has 3 heteroatoms. The standard InChI is InChI=1S/C14H11FOS/c1-10-8-13(9-16)17-14(10)7-4-11-2-5-12(15)6-3-11/h2-9H,1H3/b7-4+. The van der Waals surface area contributed by atoms with Gasteiger partial charge in [-0.25, -0.2) is 4.39 Å². The monoisotopic (exact) mass is 246 g/mol. The molecule has 0 radical (unpaired) electrons.